The fourth-order valence-corrected chi connectivity index (χ4v) is 3.01. The van der Waals surface area contributed by atoms with Gasteiger partial charge in [-0.2, -0.15) is 0 Å². The zero-order chi connectivity index (χ0) is 16.5. The van der Waals surface area contributed by atoms with Crippen molar-refractivity contribution in [2.45, 2.75) is 57.4 Å². The predicted molar refractivity (Wildman–Crippen MR) is 88.8 cm³/mol. The minimum atomic E-state index is -0.490. The van der Waals surface area contributed by atoms with Gasteiger partial charge in [-0.3, -0.25) is 0 Å². The van der Waals surface area contributed by atoms with Crippen molar-refractivity contribution < 1.29 is 18.9 Å². The lowest BCUT2D eigenvalue weighted by molar-refractivity contribution is -0.132. The van der Waals surface area contributed by atoms with Gasteiger partial charge in [-0.1, -0.05) is 34.1 Å². The first-order chi connectivity index (χ1) is 10.2. The molecule has 2 atom stereocenters. The van der Waals surface area contributed by atoms with Crippen LogP contribution in [0.4, 0.5) is 0 Å². The van der Waals surface area contributed by atoms with Crippen LogP contribution in [-0.2, 0) is 18.9 Å². The molecule has 0 aromatic heterocycles. The number of hydrogen-bond acceptors (Lipinski definition) is 4. The molecule has 0 N–H and O–H groups in total. The average Bonchev–Trinajstić information content (AvgIpc) is 2.94. The number of hydrogen-bond donors (Lipinski definition) is 0. The Bertz CT molecular complexity index is 491. The van der Waals surface area contributed by atoms with Crippen LogP contribution in [0.2, 0.25) is 0 Å². The van der Waals surface area contributed by atoms with E-state index in [-0.39, 0.29) is 12.2 Å². The van der Waals surface area contributed by atoms with Gasteiger partial charge in [0.05, 0.1) is 11.2 Å². The summed E-state index contributed by atoms with van der Waals surface area (Å²) in [5.41, 5.74) is -0.0127. The van der Waals surface area contributed by atoms with Gasteiger partial charge in [-0.15, -0.1) is 0 Å². The van der Waals surface area contributed by atoms with Crippen molar-refractivity contribution >= 4 is 15.9 Å². The second-order valence-electron chi connectivity index (χ2n) is 6.58. The van der Waals surface area contributed by atoms with Crippen LogP contribution < -0.4 is 0 Å². The molecule has 1 aliphatic heterocycles. The molecule has 1 aromatic rings. The second-order valence-corrected chi connectivity index (χ2v) is 7.44. The Morgan fingerprint density at radius 3 is 1.77 bits per heavy atom. The molecule has 4 nitrogen and oxygen atoms in total. The molecule has 0 saturated carbocycles. The third-order valence-electron chi connectivity index (χ3n) is 4.40. The molecule has 1 fully saturated rings. The van der Waals surface area contributed by atoms with Gasteiger partial charge in [-0.25, -0.2) is 0 Å². The van der Waals surface area contributed by atoms with Crippen LogP contribution in [0.1, 0.15) is 39.5 Å². The number of halogens is 1. The Morgan fingerprint density at radius 2 is 1.36 bits per heavy atom. The van der Waals surface area contributed by atoms with Crippen LogP contribution in [0.25, 0.3) is 0 Å². The molecular formula is C17H25BrO4. The van der Waals surface area contributed by atoms with E-state index in [2.05, 4.69) is 15.9 Å². The quantitative estimate of drug-likeness (QED) is 0.779. The average molecular weight is 373 g/mol. The van der Waals surface area contributed by atoms with Crippen molar-refractivity contribution in [1.29, 1.82) is 0 Å². The third kappa shape index (κ3) is 3.39. The van der Waals surface area contributed by atoms with Gasteiger partial charge in [0.1, 0.15) is 12.2 Å². The van der Waals surface area contributed by atoms with E-state index in [0.717, 1.165) is 10.0 Å². The molecule has 1 aromatic carbocycles. The smallest absolute Gasteiger partial charge is 0.186 e. The molecule has 22 heavy (non-hydrogen) atoms. The highest BCUT2D eigenvalue weighted by atomic mass is 79.9. The molecule has 2 rings (SSSR count). The lowest BCUT2D eigenvalue weighted by atomic mass is 9.87. The van der Waals surface area contributed by atoms with Gasteiger partial charge < -0.3 is 18.9 Å². The van der Waals surface area contributed by atoms with Gasteiger partial charge in [0.15, 0.2) is 6.29 Å². The highest BCUT2D eigenvalue weighted by molar-refractivity contribution is 9.10. The van der Waals surface area contributed by atoms with Crippen molar-refractivity contribution in [3.63, 3.8) is 0 Å². The lowest BCUT2D eigenvalue weighted by Crippen LogP contribution is -2.53. The summed E-state index contributed by atoms with van der Waals surface area (Å²) in [5.74, 6) is 0. The summed E-state index contributed by atoms with van der Waals surface area (Å²) >= 11 is 3.56. The van der Waals surface area contributed by atoms with Crippen molar-refractivity contribution in [3.05, 3.63) is 34.3 Å². The SMILES string of the molecule is COC(C)(C)[C@@H]1OC(c2ccccc2Br)O[C@H]1C(C)(C)OC. The maximum Gasteiger partial charge on any atom is 0.186 e. The Morgan fingerprint density at radius 1 is 0.909 bits per heavy atom. The minimum absolute atomic E-state index is 0.246. The molecular weight excluding hydrogens is 348 g/mol. The summed E-state index contributed by atoms with van der Waals surface area (Å²) in [6.07, 6.45) is -0.941. The van der Waals surface area contributed by atoms with Gasteiger partial charge in [-0.05, 0) is 33.8 Å². The van der Waals surface area contributed by atoms with E-state index in [1.54, 1.807) is 14.2 Å². The molecule has 0 unspecified atom stereocenters. The zero-order valence-electron chi connectivity index (χ0n) is 14.1. The van der Waals surface area contributed by atoms with Crippen LogP contribution in [0.5, 0.6) is 0 Å². The van der Waals surface area contributed by atoms with Crippen LogP contribution in [0, 0.1) is 0 Å². The Balaban J connectivity index is 2.35. The van der Waals surface area contributed by atoms with E-state index >= 15 is 0 Å². The van der Waals surface area contributed by atoms with E-state index in [4.69, 9.17) is 18.9 Å². The molecule has 0 radical (unpaired) electrons. The van der Waals surface area contributed by atoms with Gasteiger partial charge in [0.2, 0.25) is 0 Å². The molecule has 0 bridgehead atoms. The molecule has 5 heteroatoms. The summed E-state index contributed by atoms with van der Waals surface area (Å²) in [6.45, 7) is 8.01. The van der Waals surface area contributed by atoms with Crippen LogP contribution in [0.3, 0.4) is 0 Å². The minimum Gasteiger partial charge on any atom is -0.376 e. The second kappa shape index (κ2) is 6.57. The Labute approximate surface area is 141 Å². The predicted octanol–water partition coefficient (Wildman–Crippen LogP) is 4.08. The fourth-order valence-electron chi connectivity index (χ4n) is 2.54. The maximum atomic E-state index is 6.23. The van der Waals surface area contributed by atoms with E-state index in [9.17, 15) is 0 Å². The van der Waals surface area contributed by atoms with Gasteiger partial charge in [0.25, 0.3) is 0 Å². The monoisotopic (exact) mass is 372 g/mol. The van der Waals surface area contributed by atoms with Crippen LogP contribution in [-0.4, -0.2) is 37.6 Å². The fraction of sp³-hybridized carbons (Fsp3) is 0.647. The van der Waals surface area contributed by atoms with Crippen molar-refractivity contribution in [3.8, 4) is 0 Å². The number of methoxy groups -OCH3 is 2. The molecule has 0 spiro atoms. The highest BCUT2D eigenvalue weighted by Gasteiger charge is 2.52. The standard InChI is InChI=1S/C17H25BrO4/c1-16(2,19-5)13-14(17(3,4)20-6)22-15(21-13)11-9-7-8-10-12(11)18/h7-10,13-15H,1-6H3/t13-,14-/m1/s1. The summed E-state index contributed by atoms with van der Waals surface area (Å²) < 4.78 is 24.7. The van der Waals surface area contributed by atoms with Crippen molar-refractivity contribution in [2.24, 2.45) is 0 Å². The summed E-state index contributed by atoms with van der Waals surface area (Å²) in [6, 6.07) is 7.91. The normalized spacial score (nSPS) is 24.0. The summed E-state index contributed by atoms with van der Waals surface area (Å²) in [5, 5.41) is 0. The van der Waals surface area contributed by atoms with E-state index in [1.165, 1.54) is 0 Å². The number of rotatable bonds is 5. The van der Waals surface area contributed by atoms with Crippen molar-refractivity contribution in [1.82, 2.24) is 0 Å². The first-order valence-electron chi connectivity index (χ1n) is 7.38. The summed E-state index contributed by atoms with van der Waals surface area (Å²) in [7, 11) is 3.37. The number of ether oxygens (including phenoxy) is 4. The van der Waals surface area contributed by atoms with Gasteiger partial charge >= 0.3 is 0 Å². The molecule has 0 amide bonds. The topological polar surface area (TPSA) is 36.9 Å². The van der Waals surface area contributed by atoms with E-state index in [1.807, 2.05) is 52.0 Å². The van der Waals surface area contributed by atoms with E-state index < -0.39 is 17.5 Å². The number of benzene rings is 1. The first kappa shape index (κ1) is 17.9. The molecule has 0 aliphatic carbocycles. The largest absolute Gasteiger partial charge is 0.376 e. The van der Waals surface area contributed by atoms with E-state index in [0.29, 0.717) is 0 Å². The Hall–Kier alpha value is -0.460. The Kier molecular flexibility index (Phi) is 5.34. The molecule has 1 aliphatic rings. The van der Waals surface area contributed by atoms with Gasteiger partial charge in [0, 0.05) is 24.3 Å². The lowest BCUT2D eigenvalue weighted by Gasteiger charge is -2.38. The highest BCUT2D eigenvalue weighted by Crippen LogP contribution is 2.43. The first-order valence-corrected chi connectivity index (χ1v) is 8.18. The van der Waals surface area contributed by atoms with Crippen LogP contribution in [0.15, 0.2) is 28.7 Å². The van der Waals surface area contributed by atoms with Crippen molar-refractivity contribution in [2.75, 3.05) is 14.2 Å². The maximum absolute atomic E-state index is 6.23. The molecule has 1 heterocycles. The summed E-state index contributed by atoms with van der Waals surface area (Å²) in [4.78, 5) is 0. The zero-order valence-corrected chi connectivity index (χ0v) is 15.6. The third-order valence-corrected chi connectivity index (χ3v) is 5.12. The molecule has 124 valence electrons. The van der Waals surface area contributed by atoms with Crippen LogP contribution >= 0.6 is 15.9 Å². The molecule has 1 saturated heterocycles.